The molecular weight excluding hydrogens is 370 g/mol. The Morgan fingerprint density at radius 3 is 2.33 bits per heavy atom. The number of ketones is 1. The number of unbranched alkanes of at least 4 members (excludes halogenated alkanes) is 2. The molecule has 4 saturated carbocycles. The number of aryl methyl sites for hydroxylation is 1. The summed E-state index contributed by atoms with van der Waals surface area (Å²) in [7, 11) is 0. The van der Waals surface area contributed by atoms with E-state index in [9.17, 15) is 4.79 Å². The van der Waals surface area contributed by atoms with Crippen LogP contribution in [0.1, 0.15) is 76.7 Å². The van der Waals surface area contributed by atoms with Gasteiger partial charge in [-0.05, 0) is 80.1 Å². The minimum atomic E-state index is 0.308. The first-order valence-electron chi connectivity index (χ1n) is 12.1. The third-order valence-corrected chi connectivity index (χ3v) is 7.93. The molecule has 4 aliphatic carbocycles. The van der Waals surface area contributed by atoms with E-state index in [1.54, 1.807) is 4.68 Å². The Morgan fingerprint density at radius 1 is 1.03 bits per heavy atom. The summed E-state index contributed by atoms with van der Waals surface area (Å²) >= 11 is 0. The summed E-state index contributed by atoms with van der Waals surface area (Å²) in [5, 5.41) is 8.59. The SMILES string of the molecule is CCCCCc1ccc(-c2cn(CC(=O)CC34CC5CC(CC(C5)C3)C4)nn2)cc1. The second-order valence-electron chi connectivity index (χ2n) is 10.6. The maximum Gasteiger partial charge on any atom is 0.154 e. The highest BCUT2D eigenvalue weighted by Gasteiger charge is 2.51. The van der Waals surface area contributed by atoms with Gasteiger partial charge in [-0.25, -0.2) is 4.68 Å². The van der Waals surface area contributed by atoms with Gasteiger partial charge >= 0.3 is 0 Å². The molecule has 0 aliphatic heterocycles. The van der Waals surface area contributed by atoms with Crippen molar-refractivity contribution in [3.05, 3.63) is 36.0 Å². The fourth-order valence-corrected chi connectivity index (χ4v) is 7.09. The van der Waals surface area contributed by atoms with Crippen molar-refractivity contribution in [1.82, 2.24) is 15.0 Å². The smallest absolute Gasteiger partial charge is 0.154 e. The number of rotatable bonds is 9. The highest BCUT2D eigenvalue weighted by molar-refractivity contribution is 5.79. The number of nitrogens with zero attached hydrogens (tertiary/aromatic N) is 3. The molecule has 0 spiro atoms. The topological polar surface area (TPSA) is 47.8 Å². The molecule has 0 saturated heterocycles. The van der Waals surface area contributed by atoms with Crippen molar-refractivity contribution in [3.8, 4) is 11.3 Å². The van der Waals surface area contributed by atoms with Gasteiger partial charge in [0.05, 0.1) is 6.20 Å². The average Bonchev–Trinajstić information content (AvgIpc) is 3.15. The van der Waals surface area contributed by atoms with E-state index in [4.69, 9.17) is 0 Å². The maximum absolute atomic E-state index is 12.9. The molecule has 1 aromatic carbocycles. The van der Waals surface area contributed by atoms with Crippen LogP contribution in [0, 0.1) is 23.2 Å². The number of carbonyl (C=O) groups is 1. The third-order valence-electron chi connectivity index (χ3n) is 7.93. The van der Waals surface area contributed by atoms with Crippen LogP contribution in [0.5, 0.6) is 0 Å². The molecule has 1 heterocycles. The third kappa shape index (κ3) is 4.24. The van der Waals surface area contributed by atoms with Crippen molar-refractivity contribution in [2.45, 2.75) is 84.1 Å². The Hall–Kier alpha value is -1.97. The van der Waals surface area contributed by atoms with E-state index >= 15 is 0 Å². The number of aromatic nitrogens is 3. The van der Waals surface area contributed by atoms with Gasteiger partial charge in [0.1, 0.15) is 12.2 Å². The number of Topliss-reactive ketones (excluding diaryl/α,β-unsaturated/α-hetero) is 1. The van der Waals surface area contributed by atoms with Crippen molar-refractivity contribution in [3.63, 3.8) is 0 Å². The highest BCUT2D eigenvalue weighted by Crippen LogP contribution is 2.61. The molecule has 6 rings (SSSR count). The molecule has 4 nitrogen and oxygen atoms in total. The van der Waals surface area contributed by atoms with Crippen LogP contribution in [0.15, 0.2) is 30.5 Å². The minimum absolute atomic E-state index is 0.308. The molecule has 0 radical (unpaired) electrons. The lowest BCUT2D eigenvalue weighted by Gasteiger charge is -2.56. The monoisotopic (exact) mass is 405 g/mol. The molecule has 4 aliphatic rings. The zero-order chi connectivity index (χ0) is 20.6. The van der Waals surface area contributed by atoms with Crippen LogP contribution in [0.25, 0.3) is 11.3 Å². The zero-order valence-corrected chi connectivity index (χ0v) is 18.4. The first kappa shape index (κ1) is 20.0. The largest absolute Gasteiger partial charge is 0.298 e. The summed E-state index contributed by atoms with van der Waals surface area (Å²) < 4.78 is 1.74. The standard InChI is InChI=1S/C26H35N3O/c1-2-3-4-5-19-6-8-23(9-7-19)25-18-29(28-27-25)17-24(30)16-26-13-20-10-21(14-26)12-22(11-20)15-26/h6-9,18,20-22H,2-5,10-17H2,1H3. The van der Waals surface area contributed by atoms with Gasteiger partial charge in [0.25, 0.3) is 0 Å². The first-order valence-corrected chi connectivity index (χ1v) is 12.1. The fourth-order valence-electron chi connectivity index (χ4n) is 7.09. The van der Waals surface area contributed by atoms with Gasteiger partial charge in [-0.3, -0.25) is 4.79 Å². The van der Waals surface area contributed by atoms with E-state index in [1.807, 2.05) is 6.20 Å². The summed E-state index contributed by atoms with van der Waals surface area (Å²) in [6.07, 6.45) is 15.8. The number of hydrogen-bond donors (Lipinski definition) is 0. The van der Waals surface area contributed by atoms with Gasteiger partial charge in [-0.1, -0.05) is 49.2 Å². The normalized spacial score (nSPS) is 29.4. The Bertz CT molecular complexity index is 847. The Labute approximate surface area is 180 Å². The van der Waals surface area contributed by atoms with Crippen molar-refractivity contribution in [2.24, 2.45) is 23.2 Å². The van der Waals surface area contributed by atoms with Gasteiger partial charge < -0.3 is 0 Å². The van der Waals surface area contributed by atoms with Gasteiger partial charge in [-0.15, -0.1) is 5.10 Å². The summed E-state index contributed by atoms with van der Waals surface area (Å²) in [5.41, 5.74) is 3.63. The van der Waals surface area contributed by atoms with Crippen LogP contribution < -0.4 is 0 Å². The lowest BCUT2D eigenvalue weighted by Crippen LogP contribution is -2.47. The summed E-state index contributed by atoms with van der Waals surface area (Å²) in [5.74, 6) is 3.02. The van der Waals surface area contributed by atoms with E-state index in [0.29, 0.717) is 17.7 Å². The first-order chi connectivity index (χ1) is 14.6. The zero-order valence-electron chi connectivity index (χ0n) is 18.4. The fraction of sp³-hybridized carbons (Fsp3) is 0.654. The Morgan fingerprint density at radius 2 is 1.70 bits per heavy atom. The minimum Gasteiger partial charge on any atom is -0.298 e. The van der Waals surface area contributed by atoms with E-state index in [0.717, 1.165) is 41.9 Å². The second kappa shape index (κ2) is 8.28. The quantitative estimate of drug-likeness (QED) is 0.491. The van der Waals surface area contributed by atoms with E-state index in [-0.39, 0.29) is 0 Å². The van der Waals surface area contributed by atoms with Crippen LogP contribution in [-0.2, 0) is 17.8 Å². The molecule has 0 amide bonds. The summed E-state index contributed by atoms with van der Waals surface area (Å²) in [4.78, 5) is 12.9. The molecule has 0 unspecified atom stereocenters. The van der Waals surface area contributed by atoms with Crippen LogP contribution >= 0.6 is 0 Å². The number of hydrogen-bond acceptors (Lipinski definition) is 3. The molecule has 0 N–H and O–H groups in total. The molecule has 4 fully saturated rings. The second-order valence-corrected chi connectivity index (χ2v) is 10.6. The van der Waals surface area contributed by atoms with Gasteiger partial charge in [-0.2, -0.15) is 0 Å². The number of carbonyl (C=O) groups excluding carboxylic acids is 1. The molecule has 0 atom stereocenters. The van der Waals surface area contributed by atoms with Crippen LogP contribution in [-0.4, -0.2) is 20.8 Å². The van der Waals surface area contributed by atoms with E-state index in [1.165, 1.54) is 63.4 Å². The molecule has 4 heteroatoms. The van der Waals surface area contributed by atoms with Gasteiger partial charge in [0.15, 0.2) is 5.78 Å². The maximum atomic E-state index is 12.9. The Kier molecular flexibility index (Phi) is 5.51. The van der Waals surface area contributed by atoms with Crippen molar-refractivity contribution in [1.29, 1.82) is 0 Å². The van der Waals surface area contributed by atoms with Crippen molar-refractivity contribution in [2.75, 3.05) is 0 Å². The van der Waals surface area contributed by atoms with Gasteiger partial charge in [0.2, 0.25) is 0 Å². The lowest BCUT2D eigenvalue weighted by molar-refractivity contribution is -0.128. The van der Waals surface area contributed by atoms with E-state index in [2.05, 4.69) is 41.5 Å². The van der Waals surface area contributed by atoms with Crippen LogP contribution in [0.3, 0.4) is 0 Å². The van der Waals surface area contributed by atoms with Crippen molar-refractivity contribution < 1.29 is 4.79 Å². The Balaban J connectivity index is 1.18. The molecular formula is C26H35N3O. The van der Waals surface area contributed by atoms with E-state index < -0.39 is 0 Å². The molecule has 4 bridgehead atoms. The van der Waals surface area contributed by atoms with Crippen LogP contribution in [0.4, 0.5) is 0 Å². The number of benzene rings is 1. The molecule has 1 aromatic heterocycles. The summed E-state index contributed by atoms with van der Waals surface area (Å²) in [6, 6.07) is 8.66. The van der Waals surface area contributed by atoms with Crippen LogP contribution in [0.2, 0.25) is 0 Å². The van der Waals surface area contributed by atoms with Gasteiger partial charge in [0, 0.05) is 12.0 Å². The predicted octanol–water partition coefficient (Wildman–Crippen LogP) is 5.85. The molecule has 160 valence electrons. The summed E-state index contributed by atoms with van der Waals surface area (Å²) in [6.45, 7) is 2.60. The molecule has 2 aromatic rings. The predicted molar refractivity (Wildman–Crippen MR) is 119 cm³/mol. The lowest BCUT2D eigenvalue weighted by atomic mass is 9.48. The highest BCUT2D eigenvalue weighted by atomic mass is 16.1. The van der Waals surface area contributed by atoms with Crippen molar-refractivity contribution >= 4 is 5.78 Å². The average molecular weight is 406 g/mol. The molecule has 30 heavy (non-hydrogen) atoms.